The van der Waals surface area contributed by atoms with E-state index in [4.69, 9.17) is 5.73 Å². The quantitative estimate of drug-likeness (QED) is 0.528. The summed E-state index contributed by atoms with van der Waals surface area (Å²) in [5.41, 5.74) is 8.45. The van der Waals surface area contributed by atoms with Gasteiger partial charge >= 0.3 is 0 Å². The van der Waals surface area contributed by atoms with Crippen molar-refractivity contribution in [2.45, 2.75) is 6.92 Å². The molecule has 15 heavy (non-hydrogen) atoms. The Labute approximate surface area is 93.6 Å². The first kappa shape index (κ1) is 9.82. The molecule has 1 heterocycles. The third-order valence-corrected chi connectivity index (χ3v) is 2.83. The van der Waals surface area contributed by atoms with E-state index in [1.807, 2.05) is 24.3 Å². The van der Waals surface area contributed by atoms with Crippen molar-refractivity contribution in [3.8, 4) is 11.8 Å². The molecule has 0 saturated heterocycles. The molecule has 1 aromatic heterocycles. The lowest BCUT2D eigenvalue weighted by atomic mass is 10.2. The summed E-state index contributed by atoms with van der Waals surface area (Å²) in [6, 6.07) is 9.71. The van der Waals surface area contributed by atoms with Gasteiger partial charge in [-0.15, -0.1) is 11.3 Å². The zero-order valence-corrected chi connectivity index (χ0v) is 9.27. The van der Waals surface area contributed by atoms with Crippen molar-refractivity contribution < 1.29 is 0 Å². The van der Waals surface area contributed by atoms with Crippen molar-refractivity contribution in [2.24, 2.45) is 0 Å². The predicted octanol–water partition coefficient (Wildman–Crippen LogP) is 3.04. The molecule has 2 aromatic rings. The van der Waals surface area contributed by atoms with E-state index in [1.165, 1.54) is 4.88 Å². The van der Waals surface area contributed by atoms with Crippen LogP contribution in [0.5, 0.6) is 0 Å². The van der Waals surface area contributed by atoms with Gasteiger partial charge in [-0.3, -0.25) is 0 Å². The van der Waals surface area contributed by atoms with E-state index in [2.05, 4.69) is 30.2 Å². The van der Waals surface area contributed by atoms with E-state index in [0.29, 0.717) is 0 Å². The maximum Gasteiger partial charge on any atom is 0.0358 e. The zero-order valence-electron chi connectivity index (χ0n) is 8.45. The van der Waals surface area contributed by atoms with E-state index in [0.717, 1.165) is 16.8 Å². The van der Waals surface area contributed by atoms with Crippen molar-refractivity contribution in [1.82, 2.24) is 0 Å². The number of aryl methyl sites for hydroxylation is 1. The van der Waals surface area contributed by atoms with Crippen LogP contribution < -0.4 is 5.73 Å². The van der Waals surface area contributed by atoms with Gasteiger partial charge in [-0.2, -0.15) is 0 Å². The topological polar surface area (TPSA) is 26.0 Å². The van der Waals surface area contributed by atoms with Crippen LogP contribution in [0.1, 0.15) is 16.0 Å². The van der Waals surface area contributed by atoms with Crippen molar-refractivity contribution in [1.29, 1.82) is 0 Å². The molecule has 0 aliphatic carbocycles. The lowest BCUT2D eigenvalue weighted by molar-refractivity contribution is 1.61. The number of anilines is 1. The minimum atomic E-state index is 0.753. The lowest BCUT2D eigenvalue weighted by Gasteiger charge is -1.91. The molecular formula is C13H11NS. The molecule has 74 valence electrons. The van der Waals surface area contributed by atoms with Gasteiger partial charge in [0.2, 0.25) is 0 Å². The lowest BCUT2D eigenvalue weighted by Crippen LogP contribution is -1.84. The Kier molecular flexibility index (Phi) is 2.75. The summed E-state index contributed by atoms with van der Waals surface area (Å²) in [6.07, 6.45) is 0. The molecule has 0 atom stereocenters. The molecular weight excluding hydrogens is 202 g/mol. The summed E-state index contributed by atoms with van der Waals surface area (Å²) in [7, 11) is 0. The van der Waals surface area contributed by atoms with Crippen LogP contribution in [0.4, 0.5) is 5.69 Å². The molecule has 0 aliphatic heterocycles. The number of hydrogen-bond donors (Lipinski definition) is 1. The van der Waals surface area contributed by atoms with E-state index in [9.17, 15) is 0 Å². The molecule has 0 fully saturated rings. The van der Waals surface area contributed by atoms with E-state index >= 15 is 0 Å². The Morgan fingerprint density at radius 2 is 1.93 bits per heavy atom. The first-order valence-electron chi connectivity index (χ1n) is 4.67. The van der Waals surface area contributed by atoms with Gasteiger partial charge in [0.1, 0.15) is 0 Å². The van der Waals surface area contributed by atoms with E-state index in [1.54, 1.807) is 11.3 Å². The van der Waals surface area contributed by atoms with Crippen molar-refractivity contribution in [3.63, 3.8) is 0 Å². The zero-order chi connectivity index (χ0) is 10.7. The van der Waals surface area contributed by atoms with Gasteiger partial charge in [0.25, 0.3) is 0 Å². The number of hydrogen-bond acceptors (Lipinski definition) is 2. The van der Waals surface area contributed by atoms with Gasteiger partial charge in [0, 0.05) is 27.1 Å². The fourth-order valence-corrected chi connectivity index (χ4v) is 1.90. The molecule has 2 N–H and O–H groups in total. The Morgan fingerprint density at radius 3 is 2.60 bits per heavy atom. The third kappa shape index (κ3) is 2.61. The third-order valence-electron chi connectivity index (χ3n) is 1.97. The fourth-order valence-electron chi connectivity index (χ4n) is 1.27. The van der Waals surface area contributed by atoms with Crippen molar-refractivity contribution in [2.75, 3.05) is 5.73 Å². The van der Waals surface area contributed by atoms with Gasteiger partial charge in [-0.25, -0.2) is 0 Å². The Morgan fingerprint density at radius 1 is 1.13 bits per heavy atom. The van der Waals surface area contributed by atoms with Crippen LogP contribution in [-0.2, 0) is 0 Å². The summed E-state index contributed by atoms with van der Waals surface area (Å²) in [5, 5.41) is 2.06. The van der Waals surface area contributed by atoms with Gasteiger partial charge < -0.3 is 5.73 Å². The smallest absolute Gasteiger partial charge is 0.0358 e. The fraction of sp³-hybridized carbons (Fsp3) is 0.0769. The number of nitrogens with two attached hydrogens (primary N) is 1. The van der Waals surface area contributed by atoms with E-state index < -0.39 is 0 Å². The maximum atomic E-state index is 5.67. The second kappa shape index (κ2) is 4.20. The predicted molar refractivity (Wildman–Crippen MR) is 65.9 cm³/mol. The standard InChI is InChI=1S/C13H11NS/c1-10-7-12(9-15-10)6-5-11-3-2-4-13(14)8-11/h2-4,7-9H,14H2,1H3. The summed E-state index contributed by atoms with van der Waals surface area (Å²) in [4.78, 5) is 1.28. The first-order chi connectivity index (χ1) is 7.24. The number of rotatable bonds is 0. The summed E-state index contributed by atoms with van der Waals surface area (Å²) in [6.45, 7) is 2.08. The molecule has 0 saturated carbocycles. The maximum absolute atomic E-state index is 5.67. The Hall–Kier alpha value is -1.72. The molecule has 0 spiro atoms. The SMILES string of the molecule is Cc1cc(C#Cc2cccc(N)c2)cs1. The largest absolute Gasteiger partial charge is 0.399 e. The van der Waals surface area contributed by atoms with Crippen molar-refractivity contribution in [3.05, 3.63) is 51.7 Å². The molecule has 0 aliphatic rings. The molecule has 0 unspecified atom stereocenters. The normalized spacial score (nSPS) is 9.40. The van der Waals surface area contributed by atoms with Crippen LogP contribution in [0.2, 0.25) is 0 Å². The van der Waals surface area contributed by atoms with Gasteiger partial charge in [0.15, 0.2) is 0 Å². The summed E-state index contributed by atoms with van der Waals surface area (Å²) >= 11 is 1.72. The highest BCUT2D eigenvalue weighted by Crippen LogP contribution is 2.12. The molecule has 2 rings (SSSR count). The molecule has 1 nitrogen and oxygen atoms in total. The van der Waals surface area contributed by atoms with Crippen LogP contribution >= 0.6 is 11.3 Å². The van der Waals surface area contributed by atoms with Gasteiger partial charge in [0.05, 0.1) is 0 Å². The highest BCUT2D eigenvalue weighted by molar-refractivity contribution is 7.10. The van der Waals surface area contributed by atoms with Crippen molar-refractivity contribution >= 4 is 17.0 Å². The van der Waals surface area contributed by atoms with Crippen LogP contribution in [0, 0.1) is 18.8 Å². The summed E-state index contributed by atoms with van der Waals surface area (Å²) < 4.78 is 0. The average molecular weight is 213 g/mol. The average Bonchev–Trinajstić information content (AvgIpc) is 2.62. The minimum Gasteiger partial charge on any atom is -0.399 e. The van der Waals surface area contributed by atoms with Gasteiger partial charge in [-0.05, 0) is 31.2 Å². The number of thiophene rings is 1. The minimum absolute atomic E-state index is 0.753. The molecule has 1 aromatic carbocycles. The molecule has 2 heteroatoms. The highest BCUT2D eigenvalue weighted by atomic mass is 32.1. The molecule has 0 radical (unpaired) electrons. The summed E-state index contributed by atoms with van der Waals surface area (Å²) in [5.74, 6) is 6.21. The van der Waals surface area contributed by atoms with Crippen LogP contribution in [0.3, 0.4) is 0 Å². The van der Waals surface area contributed by atoms with Crippen LogP contribution in [-0.4, -0.2) is 0 Å². The van der Waals surface area contributed by atoms with Crippen LogP contribution in [0.25, 0.3) is 0 Å². The molecule has 0 amide bonds. The monoisotopic (exact) mass is 213 g/mol. The first-order valence-corrected chi connectivity index (χ1v) is 5.55. The molecule has 0 bridgehead atoms. The second-order valence-corrected chi connectivity index (χ2v) is 4.44. The Bertz CT molecular complexity index is 529. The number of benzene rings is 1. The van der Waals surface area contributed by atoms with Gasteiger partial charge in [-0.1, -0.05) is 17.9 Å². The number of nitrogen functional groups attached to an aromatic ring is 1. The second-order valence-electron chi connectivity index (χ2n) is 3.32. The highest BCUT2D eigenvalue weighted by Gasteiger charge is 1.91. The Balaban J connectivity index is 2.25. The van der Waals surface area contributed by atoms with E-state index in [-0.39, 0.29) is 0 Å². The van der Waals surface area contributed by atoms with Crippen LogP contribution in [0.15, 0.2) is 35.7 Å².